The molecule has 166 valence electrons. The van der Waals surface area contributed by atoms with Gasteiger partial charge in [0.05, 0.1) is 25.7 Å². The van der Waals surface area contributed by atoms with Crippen molar-refractivity contribution in [2.45, 2.75) is 26.2 Å². The van der Waals surface area contributed by atoms with Crippen LogP contribution >= 0.6 is 0 Å². The van der Waals surface area contributed by atoms with Gasteiger partial charge >= 0.3 is 0 Å². The Labute approximate surface area is 179 Å². The number of hydrogen-bond acceptors (Lipinski definition) is 5. The van der Waals surface area contributed by atoms with Crippen LogP contribution < -0.4 is 4.74 Å². The first-order valence-electron chi connectivity index (χ1n) is 11.1. The van der Waals surface area contributed by atoms with E-state index in [0.717, 1.165) is 51.6 Å². The number of benzene rings is 1. The van der Waals surface area contributed by atoms with Gasteiger partial charge in [0, 0.05) is 46.2 Å². The van der Waals surface area contributed by atoms with Gasteiger partial charge in [0.2, 0.25) is 11.8 Å². The summed E-state index contributed by atoms with van der Waals surface area (Å²) in [6.45, 7) is 8.77. The van der Waals surface area contributed by atoms with Gasteiger partial charge in [-0.05, 0) is 31.9 Å². The average Bonchev–Trinajstić information content (AvgIpc) is 2.76. The zero-order chi connectivity index (χ0) is 21.3. The number of nitrogens with zero attached hydrogens (tertiary/aromatic N) is 3. The third kappa shape index (κ3) is 6.71. The van der Waals surface area contributed by atoms with Gasteiger partial charge in [-0.2, -0.15) is 0 Å². The van der Waals surface area contributed by atoms with E-state index in [1.165, 1.54) is 5.56 Å². The number of aryl methyl sites for hydroxylation is 1. The van der Waals surface area contributed by atoms with Gasteiger partial charge in [0.1, 0.15) is 12.4 Å². The van der Waals surface area contributed by atoms with Crippen molar-refractivity contribution in [3.05, 3.63) is 29.8 Å². The van der Waals surface area contributed by atoms with Crippen LogP contribution in [0.1, 0.15) is 24.8 Å². The lowest BCUT2D eigenvalue weighted by Gasteiger charge is -2.34. The molecule has 2 aliphatic rings. The molecule has 7 heteroatoms. The number of likely N-dealkylation sites (tertiary alicyclic amines) is 1. The van der Waals surface area contributed by atoms with Crippen LogP contribution in [0.25, 0.3) is 0 Å². The molecule has 0 saturated carbocycles. The molecule has 1 aromatic rings. The highest BCUT2D eigenvalue weighted by molar-refractivity contribution is 5.83. The van der Waals surface area contributed by atoms with Crippen LogP contribution in [0.2, 0.25) is 0 Å². The number of hydrogen-bond donors (Lipinski definition) is 0. The van der Waals surface area contributed by atoms with Crippen LogP contribution in [0.5, 0.6) is 5.75 Å². The molecule has 0 spiro atoms. The van der Waals surface area contributed by atoms with Crippen molar-refractivity contribution in [3.63, 3.8) is 0 Å². The van der Waals surface area contributed by atoms with E-state index in [2.05, 4.69) is 4.90 Å². The van der Waals surface area contributed by atoms with Crippen molar-refractivity contribution in [2.24, 2.45) is 5.92 Å². The summed E-state index contributed by atoms with van der Waals surface area (Å²) < 4.78 is 11.1. The van der Waals surface area contributed by atoms with Gasteiger partial charge in [-0.1, -0.05) is 17.7 Å². The first kappa shape index (κ1) is 22.6. The molecule has 0 bridgehead atoms. The molecule has 0 N–H and O–H groups in total. The fourth-order valence-electron chi connectivity index (χ4n) is 4.00. The van der Waals surface area contributed by atoms with Crippen molar-refractivity contribution in [3.8, 4) is 5.75 Å². The summed E-state index contributed by atoms with van der Waals surface area (Å²) >= 11 is 0. The van der Waals surface area contributed by atoms with E-state index in [1.54, 1.807) is 4.90 Å². The van der Waals surface area contributed by atoms with Crippen molar-refractivity contribution >= 4 is 11.8 Å². The number of piperidine rings is 1. The molecular weight excluding hydrogens is 382 g/mol. The van der Waals surface area contributed by atoms with E-state index < -0.39 is 0 Å². The number of carbonyl (C=O) groups excluding carboxylic acids is 2. The highest BCUT2D eigenvalue weighted by atomic mass is 16.5. The fraction of sp³-hybridized carbons (Fsp3) is 0.652. The van der Waals surface area contributed by atoms with Crippen LogP contribution in [0.15, 0.2) is 24.3 Å². The molecule has 0 aromatic heterocycles. The van der Waals surface area contributed by atoms with Crippen molar-refractivity contribution in [1.29, 1.82) is 0 Å². The minimum absolute atomic E-state index is 0.105. The Morgan fingerprint density at radius 1 is 1.20 bits per heavy atom. The van der Waals surface area contributed by atoms with E-state index >= 15 is 0 Å². The van der Waals surface area contributed by atoms with Gasteiger partial charge < -0.3 is 19.3 Å². The normalized spacial score (nSPS) is 20.3. The third-order valence-electron chi connectivity index (χ3n) is 5.95. The molecule has 2 saturated heterocycles. The first-order valence-corrected chi connectivity index (χ1v) is 11.1. The summed E-state index contributed by atoms with van der Waals surface area (Å²) in [6, 6.07) is 7.91. The minimum atomic E-state index is -0.115. The second kappa shape index (κ2) is 11.3. The van der Waals surface area contributed by atoms with Crippen molar-refractivity contribution < 1.29 is 19.1 Å². The number of likely N-dealkylation sites (N-methyl/N-ethyl adjacent to an activating group) is 1. The van der Waals surface area contributed by atoms with E-state index in [-0.39, 0.29) is 17.7 Å². The average molecular weight is 418 g/mol. The zero-order valence-electron chi connectivity index (χ0n) is 18.3. The Morgan fingerprint density at radius 2 is 1.93 bits per heavy atom. The standard InChI is InChI=1S/C23H35N3O4/c1-19-4-7-21(8-5-19)30-17-12-24(2)23(28)20-6-9-22(27)26(18-20)11-3-10-25-13-15-29-16-14-25/h4-5,7-8,20H,3,6,9-18H2,1-2H3/t20-/m0/s1. The summed E-state index contributed by atoms with van der Waals surface area (Å²) in [7, 11) is 1.82. The maximum absolute atomic E-state index is 12.9. The molecule has 0 aliphatic carbocycles. The van der Waals surface area contributed by atoms with Crippen molar-refractivity contribution in [2.75, 3.05) is 66.1 Å². The maximum atomic E-state index is 12.9. The van der Waals surface area contributed by atoms with Gasteiger partial charge in [0.15, 0.2) is 0 Å². The number of amides is 2. The number of rotatable bonds is 9. The van der Waals surface area contributed by atoms with Crippen molar-refractivity contribution in [1.82, 2.24) is 14.7 Å². The highest BCUT2D eigenvalue weighted by Gasteiger charge is 2.31. The molecule has 1 atom stereocenters. The smallest absolute Gasteiger partial charge is 0.227 e. The van der Waals surface area contributed by atoms with Crippen LogP contribution in [-0.2, 0) is 14.3 Å². The van der Waals surface area contributed by atoms with E-state index in [1.807, 2.05) is 43.1 Å². The van der Waals surface area contributed by atoms with E-state index in [4.69, 9.17) is 9.47 Å². The van der Waals surface area contributed by atoms with Crippen LogP contribution in [-0.4, -0.2) is 92.7 Å². The zero-order valence-corrected chi connectivity index (χ0v) is 18.3. The Morgan fingerprint density at radius 3 is 2.67 bits per heavy atom. The SMILES string of the molecule is Cc1ccc(OCCN(C)C(=O)[C@H]2CCC(=O)N(CCCN3CCOCC3)C2)cc1. The van der Waals surface area contributed by atoms with E-state index in [0.29, 0.717) is 32.5 Å². The molecule has 2 aliphatic heterocycles. The Bertz CT molecular complexity index is 688. The largest absolute Gasteiger partial charge is 0.492 e. The second-order valence-electron chi connectivity index (χ2n) is 8.30. The Balaban J connectivity index is 1.39. The lowest BCUT2D eigenvalue weighted by atomic mass is 9.96. The van der Waals surface area contributed by atoms with Gasteiger partial charge in [0.25, 0.3) is 0 Å². The van der Waals surface area contributed by atoms with Gasteiger partial charge in [-0.25, -0.2) is 0 Å². The molecule has 30 heavy (non-hydrogen) atoms. The number of carbonyl (C=O) groups is 2. The molecule has 2 heterocycles. The quantitative estimate of drug-likeness (QED) is 0.613. The topological polar surface area (TPSA) is 62.3 Å². The van der Waals surface area contributed by atoms with Crippen LogP contribution in [0.3, 0.4) is 0 Å². The number of ether oxygens (including phenoxy) is 2. The summed E-state index contributed by atoms with van der Waals surface area (Å²) in [4.78, 5) is 31.2. The highest BCUT2D eigenvalue weighted by Crippen LogP contribution is 2.20. The van der Waals surface area contributed by atoms with Crippen LogP contribution in [0, 0.1) is 12.8 Å². The summed E-state index contributed by atoms with van der Waals surface area (Å²) in [5.41, 5.74) is 1.19. The second-order valence-corrected chi connectivity index (χ2v) is 8.30. The molecular formula is C23H35N3O4. The number of morpholine rings is 1. The lowest BCUT2D eigenvalue weighted by Crippen LogP contribution is -2.47. The molecule has 0 radical (unpaired) electrons. The first-order chi connectivity index (χ1) is 14.5. The predicted molar refractivity (Wildman–Crippen MR) is 115 cm³/mol. The predicted octanol–water partition coefficient (Wildman–Crippen LogP) is 1.79. The Hall–Kier alpha value is -2.12. The molecule has 3 rings (SSSR count). The van der Waals surface area contributed by atoms with E-state index in [9.17, 15) is 9.59 Å². The van der Waals surface area contributed by atoms with Crippen LogP contribution in [0.4, 0.5) is 0 Å². The molecule has 2 fully saturated rings. The molecule has 2 amide bonds. The molecule has 1 aromatic carbocycles. The third-order valence-corrected chi connectivity index (χ3v) is 5.95. The summed E-state index contributed by atoms with van der Waals surface area (Å²) in [6.07, 6.45) is 2.04. The lowest BCUT2D eigenvalue weighted by molar-refractivity contribution is -0.142. The summed E-state index contributed by atoms with van der Waals surface area (Å²) in [5, 5.41) is 0. The summed E-state index contributed by atoms with van der Waals surface area (Å²) in [5.74, 6) is 0.978. The monoisotopic (exact) mass is 417 g/mol. The maximum Gasteiger partial charge on any atom is 0.227 e. The fourth-order valence-corrected chi connectivity index (χ4v) is 4.00. The van der Waals surface area contributed by atoms with Gasteiger partial charge in [-0.15, -0.1) is 0 Å². The minimum Gasteiger partial charge on any atom is -0.492 e. The Kier molecular flexibility index (Phi) is 8.51. The molecule has 7 nitrogen and oxygen atoms in total. The van der Waals surface area contributed by atoms with Gasteiger partial charge in [-0.3, -0.25) is 14.5 Å². The molecule has 0 unspecified atom stereocenters.